The van der Waals surface area contributed by atoms with E-state index in [9.17, 15) is 0 Å². The summed E-state index contributed by atoms with van der Waals surface area (Å²) in [5.74, 6) is 2.31. The summed E-state index contributed by atoms with van der Waals surface area (Å²) in [5, 5.41) is 0. The van der Waals surface area contributed by atoms with Gasteiger partial charge in [-0.05, 0) is 30.6 Å². The first-order valence-corrected chi connectivity index (χ1v) is 5.98. The third kappa shape index (κ3) is 4.39. The predicted octanol–water partition coefficient (Wildman–Crippen LogP) is 4.40. The van der Waals surface area contributed by atoms with E-state index >= 15 is 0 Å². The van der Waals surface area contributed by atoms with Gasteiger partial charge in [-0.3, -0.25) is 0 Å². The van der Waals surface area contributed by atoms with E-state index in [1.54, 1.807) is 0 Å². The van der Waals surface area contributed by atoms with Crippen molar-refractivity contribution in [3.8, 4) is 0 Å². The zero-order chi connectivity index (χ0) is 10.6. The van der Waals surface area contributed by atoms with Gasteiger partial charge in [-0.1, -0.05) is 41.5 Å². The quantitative estimate of drug-likeness (QED) is 0.628. The molecule has 3 atom stereocenters. The van der Waals surface area contributed by atoms with Crippen molar-refractivity contribution >= 4 is 12.6 Å². The maximum Gasteiger partial charge on any atom is 0.0124 e. The van der Waals surface area contributed by atoms with Crippen molar-refractivity contribution in [2.45, 2.75) is 59.1 Å². The first-order valence-electron chi connectivity index (χ1n) is 5.53. The number of rotatable bonds is 5. The second kappa shape index (κ2) is 5.29. The summed E-state index contributed by atoms with van der Waals surface area (Å²) in [6, 6.07) is 0. The van der Waals surface area contributed by atoms with Gasteiger partial charge >= 0.3 is 0 Å². The Bertz CT molecular complexity index is 138. The highest BCUT2D eigenvalue weighted by molar-refractivity contribution is 7.81. The number of hydrogen-bond donors (Lipinski definition) is 1. The molecule has 0 saturated heterocycles. The van der Waals surface area contributed by atoms with Gasteiger partial charge in [0.1, 0.15) is 0 Å². The average Bonchev–Trinajstić information content (AvgIpc) is 2.04. The van der Waals surface area contributed by atoms with Gasteiger partial charge in [0.25, 0.3) is 0 Å². The van der Waals surface area contributed by atoms with Crippen LogP contribution in [0.3, 0.4) is 0 Å². The topological polar surface area (TPSA) is 0 Å². The van der Waals surface area contributed by atoms with Crippen molar-refractivity contribution in [3.63, 3.8) is 0 Å². The van der Waals surface area contributed by atoms with Crippen molar-refractivity contribution in [1.82, 2.24) is 0 Å². The highest BCUT2D eigenvalue weighted by Gasteiger charge is 2.26. The van der Waals surface area contributed by atoms with Crippen LogP contribution in [0.2, 0.25) is 0 Å². The van der Waals surface area contributed by atoms with E-state index in [1.165, 1.54) is 6.42 Å². The Morgan fingerprint density at radius 2 is 1.62 bits per heavy atom. The molecule has 0 nitrogen and oxygen atoms in total. The summed E-state index contributed by atoms with van der Waals surface area (Å²) >= 11 is 4.72. The predicted molar refractivity (Wildman–Crippen MR) is 65.5 cm³/mol. The fourth-order valence-electron chi connectivity index (χ4n) is 1.43. The summed E-state index contributed by atoms with van der Waals surface area (Å²) in [6.07, 6.45) is 2.45. The van der Waals surface area contributed by atoms with Gasteiger partial charge in [0.05, 0.1) is 0 Å². The molecule has 0 amide bonds. The van der Waals surface area contributed by atoms with Crippen LogP contribution >= 0.6 is 12.6 Å². The minimum absolute atomic E-state index is 0.211. The SMILES string of the molecule is CCC(C)(S)C(C)CC(C)C(C)C. The van der Waals surface area contributed by atoms with Crippen LogP contribution in [0.15, 0.2) is 0 Å². The summed E-state index contributed by atoms with van der Waals surface area (Å²) < 4.78 is 0.211. The van der Waals surface area contributed by atoms with Crippen LogP contribution in [-0.4, -0.2) is 4.75 Å². The highest BCUT2D eigenvalue weighted by atomic mass is 32.1. The molecular weight excluding hydrogens is 176 g/mol. The molecule has 0 spiro atoms. The van der Waals surface area contributed by atoms with Gasteiger partial charge in [0.15, 0.2) is 0 Å². The van der Waals surface area contributed by atoms with Crippen molar-refractivity contribution in [1.29, 1.82) is 0 Å². The molecule has 13 heavy (non-hydrogen) atoms. The molecule has 0 aliphatic rings. The fraction of sp³-hybridized carbons (Fsp3) is 1.00. The standard InChI is InChI=1S/C12H26S/c1-7-12(6,13)11(5)8-10(4)9(2)3/h9-11,13H,7-8H2,1-6H3. The minimum atomic E-state index is 0.211. The minimum Gasteiger partial charge on any atom is -0.173 e. The Hall–Kier alpha value is 0.350. The maximum absolute atomic E-state index is 4.72. The van der Waals surface area contributed by atoms with Gasteiger partial charge in [-0.15, -0.1) is 0 Å². The molecule has 0 aromatic heterocycles. The third-order valence-electron chi connectivity index (χ3n) is 3.64. The van der Waals surface area contributed by atoms with Crippen LogP contribution < -0.4 is 0 Å². The Kier molecular flexibility index (Phi) is 5.43. The number of hydrogen-bond acceptors (Lipinski definition) is 1. The van der Waals surface area contributed by atoms with Gasteiger partial charge in [0, 0.05) is 4.75 Å². The molecule has 0 radical (unpaired) electrons. The lowest BCUT2D eigenvalue weighted by molar-refractivity contribution is 0.289. The largest absolute Gasteiger partial charge is 0.173 e. The van der Waals surface area contributed by atoms with Crippen LogP contribution in [-0.2, 0) is 0 Å². The first kappa shape index (κ1) is 13.4. The Balaban J connectivity index is 4.06. The zero-order valence-electron chi connectivity index (χ0n) is 10.1. The monoisotopic (exact) mass is 202 g/mol. The van der Waals surface area contributed by atoms with Crippen LogP contribution in [0.5, 0.6) is 0 Å². The Morgan fingerprint density at radius 1 is 1.15 bits per heavy atom. The van der Waals surface area contributed by atoms with Crippen molar-refractivity contribution in [2.75, 3.05) is 0 Å². The molecule has 0 aromatic rings. The van der Waals surface area contributed by atoms with Crippen LogP contribution in [0.4, 0.5) is 0 Å². The zero-order valence-corrected chi connectivity index (χ0v) is 11.0. The molecule has 0 aliphatic heterocycles. The molecule has 0 fully saturated rings. The molecule has 0 aromatic carbocycles. The molecule has 0 N–H and O–H groups in total. The molecule has 80 valence electrons. The second-order valence-electron chi connectivity index (χ2n) is 5.07. The fourth-order valence-corrected chi connectivity index (χ4v) is 1.54. The van der Waals surface area contributed by atoms with Gasteiger partial charge in [0.2, 0.25) is 0 Å². The summed E-state index contributed by atoms with van der Waals surface area (Å²) in [7, 11) is 0. The van der Waals surface area contributed by atoms with Crippen molar-refractivity contribution < 1.29 is 0 Å². The summed E-state index contributed by atoms with van der Waals surface area (Å²) in [5.41, 5.74) is 0. The lowest BCUT2D eigenvalue weighted by Crippen LogP contribution is -2.27. The lowest BCUT2D eigenvalue weighted by Gasteiger charge is -2.32. The van der Waals surface area contributed by atoms with Gasteiger partial charge in [-0.2, -0.15) is 12.6 Å². The molecule has 0 bridgehead atoms. The summed E-state index contributed by atoms with van der Waals surface area (Å²) in [4.78, 5) is 0. The van der Waals surface area contributed by atoms with Crippen LogP contribution in [0, 0.1) is 17.8 Å². The van der Waals surface area contributed by atoms with E-state index < -0.39 is 0 Å². The van der Waals surface area contributed by atoms with Crippen molar-refractivity contribution in [3.05, 3.63) is 0 Å². The lowest BCUT2D eigenvalue weighted by atomic mass is 9.81. The van der Waals surface area contributed by atoms with E-state index in [2.05, 4.69) is 41.5 Å². The van der Waals surface area contributed by atoms with E-state index in [4.69, 9.17) is 12.6 Å². The highest BCUT2D eigenvalue weighted by Crippen LogP contribution is 2.33. The van der Waals surface area contributed by atoms with E-state index in [0.717, 1.165) is 18.3 Å². The molecule has 0 rings (SSSR count). The smallest absolute Gasteiger partial charge is 0.0124 e. The first-order chi connectivity index (χ1) is 5.81. The molecule has 0 saturated carbocycles. The number of thiol groups is 1. The van der Waals surface area contributed by atoms with Crippen molar-refractivity contribution in [2.24, 2.45) is 17.8 Å². The Labute approximate surface area is 89.9 Å². The molecule has 0 heterocycles. The third-order valence-corrected chi connectivity index (χ3v) is 4.40. The molecule has 3 unspecified atom stereocenters. The Morgan fingerprint density at radius 3 is 1.92 bits per heavy atom. The second-order valence-corrected chi connectivity index (χ2v) is 6.09. The molecule has 1 heteroatoms. The average molecular weight is 202 g/mol. The molecule has 0 aliphatic carbocycles. The van der Waals surface area contributed by atoms with E-state index in [0.29, 0.717) is 5.92 Å². The maximum atomic E-state index is 4.72. The van der Waals surface area contributed by atoms with Crippen LogP contribution in [0.25, 0.3) is 0 Å². The van der Waals surface area contributed by atoms with Crippen LogP contribution in [0.1, 0.15) is 54.4 Å². The van der Waals surface area contributed by atoms with Gasteiger partial charge < -0.3 is 0 Å². The summed E-state index contributed by atoms with van der Waals surface area (Å²) in [6.45, 7) is 13.8. The van der Waals surface area contributed by atoms with Gasteiger partial charge in [-0.25, -0.2) is 0 Å². The van der Waals surface area contributed by atoms with E-state index in [-0.39, 0.29) is 4.75 Å². The normalized spacial score (nSPS) is 21.2. The van der Waals surface area contributed by atoms with E-state index in [1.807, 2.05) is 0 Å². The molecular formula is C12H26S.